The predicted molar refractivity (Wildman–Crippen MR) is 88.7 cm³/mol. The number of phenolic OH excluding ortho intramolecular Hbond substituents is 1. The van der Waals surface area contributed by atoms with Crippen LogP contribution in [0, 0.1) is 6.92 Å². The first-order valence-electron chi connectivity index (χ1n) is 6.73. The molecule has 0 aliphatic carbocycles. The minimum Gasteiger partial charge on any atom is -0.507 e. The van der Waals surface area contributed by atoms with Crippen molar-refractivity contribution < 1.29 is 5.11 Å². The highest BCUT2D eigenvalue weighted by Gasteiger charge is 2.10. The van der Waals surface area contributed by atoms with Crippen molar-refractivity contribution in [1.29, 1.82) is 0 Å². The van der Waals surface area contributed by atoms with Gasteiger partial charge in [-0.05, 0) is 37.3 Å². The molecule has 0 saturated carbocycles. The van der Waals surface area contributed by atoms with Crippen LogP contribution in [0.25, 0.3) is 22.5 Å². The van der Waals surface area contributed by atoms with Gasteiger partial charge in [-0.15, -0.1) is 0 Å². The molecule has 3 rings (SSSR count). The van der Waals surface area contributed by atoms with Crippen molar-refractivity contribution in [2.75, 3.05) is 5.73 Å². The summed E-state index contributed by atoms with van der Waals surface area (Å²) < 4.78 is 0. The van der Waals surface area contributed by atoms with Gasteiger partial charge < -0.3 is 10.8 Å². The van der Waals surface area contributed by atoms with Crippen molar-refractivity contribution in [1.82, 2.24) is 9.97 Å². The fraction of sp³-hybridized carbons (Fsp3) is 0.0588. The molecule has 1 aromatic heterocycles. The number of nitrogen functional groups attached to an aromatic ring is 1. The maximum atomic E-state index is 10.1. The molecule has 1 heterocycles. The second-order valence-electron chi connectivity index (χ2n) is 5.02. The van der Waals surface area contributed by atoms with Crippen LogP contribution in [0.5, 0.6) is 5.75 Å². The zero-order valence-corrected chi connectivity index (χ0v) is 12.7. The zero-order valence-electron chi connectivity index (χ0n) is 11.9. The van der Waals surface area contributed by atoms with E-state index in [2.05, 4.69) is 9.97 Å². The van der Waals surface area contributed by atoms with Crippen molar-refractivity contribution in [3.05, 3.63) is 59.1 Å². The summed E-state index contributed by atoms with van der Waals surface area (Å²) in [7, 11) is 0. The summed E-state index contributed by atoms with van der Waals surface area (Å²) in [6, 6.07) is 14.5. The zero-order chi connectivity index (χ0) is 15.7. The van der Waals surface area contributed by atoms with Crippen LogP contribution in [0.3, 0.4) is 0 Å². The van der Waals surface area contributed by atoms with Gasteiger partial charge in [0.25, 0.3) is 0 Å². The molecule has 4 nitrogen and oxygen atoms in total. The third kappa shape index (κ3) is 2.87. The number of aromatic hydroxyl groups is 1. The molecule has 0 spiro atoms. The first-order chi connectivity index (χ1) is 10.5. The molecule has 110 valence electrons. The van der Waals surface area contributed by atoms with Crippen molar-refractivity contribution in [2.24, 2.45) is 0 Å². The first-order valence-corrected chi connectivity index (χ1v) is 7.11. The Morgan fingerprint density at radius 3 is 2.36 bits per heavy atom. The summed E-state index contributed by atoms with van der Waals surface area (Å²) in [4.78, 5) is 8.48. The van der Waals surface area contributed by atoms with E-state index in [0.29, 0.717) is 22.0 Å². The van der Waals surface area contributed by atoms with Crippen molar-refractivity contribution in [3.8, 4) is 28.3 Å². The lowest BCUT2D eigenvalue weighted by molar-refractivity contribution is 0.477. The van der Waals surface area contributed by atoms with E-state index in [-0.39, 0.29) is 11.7 Å². The minimum atomic E-state index is 0.156. The highest BCUT2D eigenvalue weighted by atomic mass is 35.5. The van der Waals surface area contributed by atoms with Gasteiger partial charge in [-0.1, -0.05) is 35.4 Å². The van der Waals surface area contributed by atoms with Gasteiger partial charge in [0.15, 0.2) is 0 Å². The van der Waals surface area contributed by atoms with Crippen LogP contribution in [-0.4, -0.2) is 15.1 Å². The Hall–Kier alpha value is -2.59. The van der Waals surface area contributed by atoms with E-state index in [4.69, 9.17) is 17.3 Å². The largest absolute Gasteiger partial charge is 0.507 e. The summed E-state index contributed by atoms with van der Waals surface area (Å²) in [5, 5.41) is 10.7. The molecule has 0 aliphatic heterocycles. The summed E-state index contributed by atoms with van der Waals surface area (Å²) in [5.74, 6) is 0.314. The molecule has 3 aromatic rings. The molecule has 0 saturated heterocycles. The van der Waals surface area contributed by atoms with Gasteiger partial charge in [0.1, 0.15) is 5.75 Å². The molecule has 0 amide bonds. The number of aromatic nitrogens is 2. The number of phenols is 1. The minimum absolute atomic E-state index is 0.156. The number of aryl methyl sites for hydroxylation is 1. The quantitative estimate of drug-likeness (QED) is 0.748. The monoisotopic (exact) mass is 311 g/mol. The third-order valence-electron chi connectivity index (χ3n) is 3.31. The van der Waals surface area contributed by atoms with Gasteiger partial charge in [-0.3, -0.25) is 0 Å². The van der Waals surface area contributed by atoms with Gasteiger partial charge >= 0.3 is 0 Å². The highest BCUT2D eigenvalue weighted by Crippen LogP contribution is 2.31. The van der Waals surface area contributed by atoms with E-state index >= 15 is 0 Å². The van der Waals surface area contributed by atoms with Crippen LogP contribution in [0.2, 0.25) is 5.02 Å². The molecule has 0 radical (unpaired) electrons. The number of rotatable bonds is 2. The van der Waals surface area contributed by atoms with Crippen LogP contribution in [-0.2, 0) is 0 Å². The Kier molecular flexibility index (Phi) is 3.69. The molecule has 2 aromatic carbocycles. The van der Waals surface area contributed by atoms with E-state index in [0.717, 1.165) is 11.1 Å². The van der Waals surface area contributed by atoms with Gasteiger partial charge in [0.05, 0.1) is 11.4 Å². The molecule has 3 N–H and O–H groups in total. The van der Waals surface area contributed by atoms with E-state index in [9.17, 15) is 5.11 Å². The molecular weight excluding hydrogens is 298 g/mol. The number of benzene rings is 2. The van der Waals surface area contributed by atoms with Crippen molar-refractivity contribution >= 4 is 17.5 Å². The molecule has 0 fully saturated rings. The highest BCUT2D eigenvalue weighted by molar-refractivity contribution is 6.30. The lowest BCUT2D eigenvalue weighted by atomic mass is 10.0. The molecule has 22 heavy (non-hydrogen) atoms. The Morgan fingerprint density at radius 2 is 1.64 bits per heavy atom. The number of hydrogen-bond donors (Lipinski definition) is 2. The van der Waals surface area contributed by atoms with E-state index in [1.54, 1.807) is 24.3 Å². The standard InChI is InChI=1S/C17H14ClN3O/c1-10-2-7-16(22)13(8-10)15-9-14(20-17(19)21-15)11-3-5-12(18)6-4-11/h2-9,22H,1H3,(H2,19,20,21). The summed E-state index contributed by atoms with van der Waals surface area (Å²) in [6.45, 7) is 1.95. The van der Waals surface area contributed by atoms with E-state index < -0.39 is 0 Å². The number of nitrogens with zero attached hydrogens (tertiary/aromatic N) is 2. The number of nitrogens with two attached hydrogens (primary N) is 1. The van der Waals surface area contributed by atoms with Crippen LogP contribution >= 0.6 is 11.6 Å². The number of halogens is 1. The van der Waals surface area contributed by atoms with Crippen molar-refractivity contribution in [3.63, 3.8) is 0 Å². The maximum absolute atomic E-state index is 10.1. The van der Waals surface area contributed by atoms with Gasteiger partial charge in [-0.25, -0.2) is 9.97 Å². The van der Waals surface area contributed by atoms with Gasteiger partial charge in [0, 0.05) is 16.1 Å². The fourth-order valence-corrected chi connectivity index (χ4v) is 2.35. The van der Waals surface area contributed by atoms with Crippen LogP contribution in [0.1, 0.15) is 5.56 Å². The second-order valence-corrected chi connectivity index (χ2v) is 5.46. The third-order valence-corrected chi connectivity index (χ3v) is 3.56. The van der Waals surface area contributed by atoms with Crippen LogP contribution in [0.15, 0.2) is 48.5 Å². The van der Waals surface area contributed by atoms with Gasteiger partial charge in [-0.2, -0.15) is 0 Å². The molecular formula is C17H14ClN3O. The smallest absolute Gasteiger partial charge is 0.221 e. The van der Waals surface area contributed by atoms with Crippen molar-refractivity contribution in [2.45, 2.75) is 6.92 Å². The SMILES string of the molecule is Cc1ccc(O)c(-c2cc(-c3ccc(Cl)cc3)nc(N)n2)c1. The maximum Gasteiger partial charge on any atom is 0.221 e. The van der Waals surface area contributed by atoms with E-state index in [1.165, 1.54) is 0 Å². The lowest BCUT2D eigenvalue weighted by Gasteiger charge is -2.09. The molecule has 0 atom stereocenters. The van der Waals surface area contributed by atoms with Crippen LogP contribution < -0.4 is 5.73 Å². The average molecular weight is 312 g/mol. The summed E-state index contributed by atoms with van der Waals surface area (Å²) in [5.41, 5.74) is 9.62. The Balaban J connectivity index is 2.14. The molecule has 0 unspecified atom stereocenters. The number of hydrogen-bond acceptors (Lipinski definition) is 4. The Bertz CT molecular complexity index is 832. The fourth-order valence-electron chi connectivity index (χ4n) is 2.23. The normalized spacial score (nSPS) is 10.6. The van der Waals surface area contributed by atoms with E-state index in [1.807, 2.05) is 31.2 Å². The Morgan fingerprint density at radius 1 is 0.955 bits per heavy atom. The second kappa shape index (κ2) is 5.66. The topological polar surface area (TPSA) is 72.0 Å². The molecule has 0 aliphatic rings. The number of anilines is 1. The summed E-state index contributed by atoms with van der Waals surface area (Å²) in [6.07, 6.45) is 0. The molecule has 5 heteroatoms. The Labute approximate surface area is 133 Å². The summed E-state index contributed by atoms with van der Waals surface area (Å²) >= 11 is 5.91. The predicted octanol–water partition coefficient (Wildman–Crippen LogP) is 4.06. The molecule has 0 bridgehead atoms. The first kappa shape index (κ1) is 14.4. The lowest BCUT2D eigenvalue weighted by Crippen LogP contribution is -1.99. The van der Waals surface area contributed by atoms with Gasteiger partial charge in [0.2, 0.25) is 5.95 Å². The average Bonchev–Trinajstić information content (AvgIpc) is 2.50. The van der Waals surface area contributed by atoms with Crippen LogP contribution in [0.4, 0.5) is 5.95 Å².